The standard InChI is InChI=1S/C15H18F3NO/c16-15(17,18)13-3-1-11(2-4-13)10-20-14-9-19-7-5-12(14)6-8-19/h1-4,12,14H,5-10H2/t14-/m0/s1. The number of nitrogens with zero attached hydrogens (tertiary/aromatic N) is 1. The molecule has 110 valence electrons. The zero-order chi connectivity index (χ0) is 14.2. The Hall–Kier alpha value is -1.07. The Bertz CT molecular complexity index is 449. The van der Waals surface area contributed by atoms with Crippen molar-refractivity contribution in [3.8, 4) is 0 Å². The SMILES string of the molecule is FC(F)(F)c1ccc(CO[C@H]2CN3CCC2CC3)cc1. The van der Waals surface area contributed by atoms with Crippen molar-refractivity contribution in [2.75, 3.05) is 19.6 Å². The molecule has 0 radical (unpaired) electrons. The number of hydrogen-bond donors (Lipinski definition) is 0. The van der Waals surface area contributed by atoms with E-state index >= 15 is 0 Å². The van der Waals surface area contributed by atoms with Crippen LogP contribution in [0.3, 0.4) is 0 Å². The first-order valence-corrected chi connectivity index (χ1v) is 7.02. The maximum absolute atomic E-state index is 12.5. The van der Waals surface area contributed by atoms with Crippen LogP contribution in [-0.2, 0) is 17.5 Å². The quantitative estimate of drug-likeness (QED) is 0.844. The average molecular weight is 285 g/mol. The molecule has 0 saturated carbocycles. The number of alkyl halides is 3. The second-order valence-corrected chi connectivity index (χ2v) is 5.68. The molecule has 3 saturated heterocycles. The van der Waals surface area contributed by atoms with E-state index in [0.29, 0.717) is 12.5 Å². The van der Waals surface area contributed by atoms with E-state index < -0.39 is 11.7 Å². The molecule has 2 nitrogen and oxygen atoms in total. The highest BCUT2D eigenvalue weighted by Gasteiger charge is 2.34. The third-order valence-electron chi connectivity index (χ3n) is 4.34. The van der Waals surface area contributed by atoms with Crippen molar-refractivity contribution in [3.05, 3.63) is 35.4 Å². The van der Waals surface area contributed by atoms with Gasteiger partial charge in [0, 0.05) is 6.54 Å². The normalized spacial score (nSPS) is 29.6. The van der Waals surface area contributed by atoms with Crippen molar-refractivity contribution < 1.29 is 17.9 Å². The molecule has 2 bridgehead atoms. The van der Waals surface area contributed by atoms with Crippen LogP contribution < -0.4 is 0 Å². The highest BCUT2D eigenvalue weighted by atomic mass is 19.4. The van der Waals surface area contributed by atoms with Gasteiger partial charge in [-0.1, -0.05) is 12.1 Å². The van der Waals surface area contributed by atoms with Crippen LogP contribution in [0.5, 0.6) is 0 Å². The van der Waals surface area contributed by atoms with Gasteiger partial charge in [0.1, 0.15) is 0 Å². The molecule has 20 heavy (non-hydrogen) atoms. The lowest BCUT2D eigenvalue weighted by atomic mass is 9.86. The summed E-state index contributed by atoms with van der Waals surface area (Å²) in [6.45, 7) is 3.67. The number of benzene rings is 1. The molecule has 4 rings (SSSR count). The molecular weight excluding hydrogens is 267 g/mol. The molecule has 3 fully saturated rings. The van der Waals surface area contributed by atoms with Gasteiger partial charge >= 0.3 is 6.18 Å². The van der Waals surface area contributed by atoms with E-state index in [1.165, 1.54) is 25.0 Å². The smallest absolute Gasteiger partial charge is 0.372 e. The molecule has 0 aromatic heterocycles. The van der Waals surface area contributed by atoms with Gasteiger partial charge in [-0.2, -0.15) is 13.2 Å². The summed E-state index contributed by atoms with van der Waals surface area (Å²) in [5, 5.41) is 0. The molecule has 1 aromatic carbocycles. The predicted molar refractivity (Wildman–Crippen MR) is 69.2 cm³/mol. The zero-order valence-electron chi connectivity index (χ0n) is 11.2. The van der Waals surface area contributed by atoms with Gasteiger partial charge in [-0.05, 0) is 49.5 Å². The van der Waals surface area contributed by atoms with Crippen LogP contribution in [0.25, 0.3) is 0 Å². The zero-order valence-corrected chi connectivity index (χ0v) is 11.2. The van der Waals surface area contributed by atoms with Gasteiger partial charge < -0.3 is 9.64 Å². The summed E-state index contributed by atoms with van der Waals surface area (Å²) in [4.78, 5) is 2.40. The van der Waals surface area contributed by atoms with E-state index in [0.717, 1.165) is 37.3 Å². The molecule has 3 aliphatic rings. The lowest BCUT2D eigenvalue weighted by molar-refractivity contribution is -0.137. The van der Waals surface area contributed by atoms with Gasteiger partial charge in [0.2, 0.25) is 0 Å². The van der Waals surface area contributed by atoms with Gasteiger partial charge in [0.15, 0.2) is 0 Å². The first-order valence-electron chi connectivity index (χ1n) is 7.02. The summed E-state index contributed by atoms with van der Waals surface area (Å²) in [6, 6.07) is 5.25. The largest absolute Gasteiger partial charge is 0.416 e. The van der Waals surface area contributed by atoms with Crippen molar-refractivity contribution in [1.82, 2.24) is 4.90 Å². The van der Waals surface area contributed by atoms with Crippen LogP contribution in [0.1, 0.15) is 24.0 Å². The third kappa shape index (κ3) is 2.99. The maximum Gasteiger partial charge on any atom is 0.416 e. The number of rotatable bonds is 3. The van der Waals surface area contributed by atoms with Gasteiger partial charge in [-0.25, -0.2) is 0 Å². The highest BCUT2D eigenvalue weighted by molar-refractivity contribution is 5.24. The van der Waals surface area contributed by atoms with Crippen molar-refractivity contribution in [2.45, 2.75) is 31.7 Å². The molecule has 0 aliphatic carbocycles. The highest BCUT2D eigenvalue weighted by Crippen LogP contribution is 2.31. The minimum atomic E-state index is -4.27. The molecule has 0 amide bonds. The molecule has 1 aromatic rings. The van der Waals surface area contributed by atoms with Crippen LogP contribution >= 0.6 is 0 Å². The molecule has 0 spiro atoms. The fraction of sp³-hybridized carbons (Fsp3) is 0.600. The lowest BCUT2D eigenvalue weighted by Gasteiger charge is -2.44. The Balaban J connectivity index is 1.56. The fourth-order valence-corrected chi connectivity index (χ4v) is 3.09. The maximum atomic E-state index is 12.5. The van der Waals surface area contributed by atoms with Crippen molar-refractivity contribution >= 4 is 0 Å². The lowest BCUT2D eigenvalue weighted by Crippen LogP contribution is -2.51. The van der Waals surface area contributed by atoms with Crippen molar-refractivity contribution in [2.24, 2.45) is 5.92 Å². The van der Waals surface area contributed by atoms with Crippen molar-refractivity contribution in [1.29, 1.82) is 0 Å². The summed E-state index contributed by atoms with van der Waals surface area (Å²) in [5.41, 5.74) is 0.193. The molecule has 5 heteroatoms. The Morgan fingerprint density at radius 1 is 1.10 bits per heavy atom. The Labute approximate surface area is 116 Å². The predicted octanol–water partition coefficient (Wildman–Crippen LogP) is 3.32. The summed E-state index contributed by atoms with van der Waals surface area (Å²) >= 11 is 0. The van der Waals surface area contributed by atoms with Crippen molar-refractivity contribution in [3.63, 3.8) is 0 Å². The molecular formula is C15H18F3NO. The summed E-state index contributed by atoms with van der Waals surface area (Å²) in [7, 11) is 0. The number of ether oxygens (including phenoxy) is 1. The molecule has 3 heterocycles. The molecule has 3 aliphatic heterocycles. The van der Waals surface area contributed by atoms with Crippen LogP contribution in [0.4, 0.5) is 13.2 Å². The Morgan fingerprint density at radius 2 is 1.75 bits per heavy atom. The number of piperidine rings is 3. The van der Waals surface area contributed by atoms with E-state index in [2.05, 4.69) is 4.90 Å². The summed E-state index contributed by atoms with van der Waals surface area (Å²) < 4.78 is 43.3. The van der Waals surface area contributed by atoms with E-state index in [1.807, 2.05) is 0 Å². The molecule has 0 N–H and O–H groups in total. The van der Waals surface area contributed by atoms with E-state index in [9.17, 15) is 13.2 Å². The average Bonchev–Trinajstić information content (AvgIpc) is 2.46. The van der Waals surface area contributed by atoms with E-state index in [4.69, 9.17) is 4.74 Å². The minimum Gasteiger partial charge on any atom is -0.372 e. The monoisotopic (exact) mass is 285 g/mol. The van der Waals surface area contributed by atoms with E-state index in [1.54, 1.807) is 0 Å². The Morgan fingerprint density at radius 3 is 2.25 bits per heavy atom. The van der Waals surface area contributed by atoms with Crippen LogP contribution in [0.2, 0.25) is 0 Å². The number of fused-ring (bicyclic) bond motifs is 3. The van der Waals surface area contributed by atoms with Gasteiger partial charge in [0.25, 0.3) is 0 Å². The van der Waals surface area contributed by atoms with E-state index in [-0.39, 0.29) is 6.10 Å². The number of hydrogen-bond acceptors (Lipinski definition) is 2. The first-order chi connectivity index (χ1) is 9.52. The second kappa shape index (κ2) is 5.37. The second-order valence-electron chi connectivity index (χ2n) is 5.68. The number of halogens is 3. The molecule has 0 unspecified atom stereocenters. The summed E-state index contributed by atoms with van der Waals surface area (Å²) in [6.07, 6.45) is -1.68. The molecule has 1 atom stereocenters. The first kappa shape index (κ1) is 13.9. The third-order valence-corrected chi connectivity index (χ3v) is 4.34. The van der Waals surface area contributed by atoms with Crippen LogP contribution in [0.15, 0.2) is 24.3 Å². The topological polar surface area (TPSA) is 12.5 Å². The fourth-order valence-electron chi connectivity index (χ4n) is 3.09. The minimum absolute atomic E-state index is 0.236. The summed E-state index contributed by atoms with van der Waals surface area (Å²) in [5.74, 6) is 0.620. The van der Waals surface area contributed by atoms with Gasteiger partial charge in [-0.15, -0.1) is 0 Å². The van der Waals surface area contributed by atoms with Crippen LogP contribution in [-0.4, -0.2) is 30.6 Å². The Kier molecular flexibility index (Phi) is 3.73. The van der Waals surface area contributed by atoms with Gasteiger partial charge in [0.05, 0.1) is 18.3 Å². The van der Waals surface area contributed by atoms with Gasteiger partial charge in [-0.3, -0.25) is 0 Å². The van der Waals surface area contributed by atoms with Crippen LogP contribution in [0, 0.1) is 5.92 Å².